The van der Waals surface area contributed by atoms with Gasteiger partial charge in [-0.2, -0.15) is 13.2 Å². The maximum atomic E-state index is 13.8. The van der Waals surface area contributed by atoms with Crippen molar-refractivity contribution in [3.05, 3.63) is 76.1 Å². The van der Waals surface area contributed by atoms with Gasteiger partial charge in [-0.3, -0.25) is 9.59 Å². The maximum Gasteiger partial charge on any atom is 0.417 e. The summed E-state index contributed by atoms with van der Waals surface area (Å²) >= 11 is 6.00. The van der Waals surface area contributed by atoms with Crippen LogP contribution in [0.15, 0.2) is 48.6 Å². The molecule has 0 aliphatic carbocycles. The molecule has 2 aromatic carbocycles. The highest BCUT2D eigenvalue weighted by Crippen LogP contribution is 2.34. The lowest BCUT2D eigenvalue weighted by atomic mass is 10.0. The van der Waals surface area contributed by atoms with Gasteiger partial charge in [-0.05, 0) is 36.4 Å². The monoisotopic (exact) mass is 492 g/mol. The van der Waals surface area contributed by atoms with Crippen molar-refractivity contribution in [2.75, 3.05) is 26.8 Å². The van der Waals surface area contributed by atoms with Crippen molar-refractivity contribution in [1.29, 1.82) is 0 Å². The number of aromatic amines is 1. The van der Waals surface area contributed by atoms with Crippen LogP contribution in [-0.2, 0) is 10.9 Å². The van der Waals surface area contributed by atoms with Crippen LogP contribution in [0.3, 0.4) is 0 Å². The summed E-state index contributed by atoms with van der Waals surface area (Å²) in [5.74, 6) is -1.16. The number of hydrogen-bond acceptors (Lipinski definition) is 4. The van der Waals surface area contributed by atoms with Gasteiger partial charge < -0.3 is 19.9 Å². The van der Waals surface area contributed by atoms with Gasteiger partial charge in [0.1, 0.15) is 11.9 Å². The Morgan fingerprint density at radius 1 is 1.21 bits per heavy atom. The van der Waals surface area contributed by atoms with Gasteiger partial charge in [0.25, 0.3) is 11.8 Å². The summed E-state index contributed by atoms with van der Waals surface area (Å²) in [6.45, 7) is 0.490. The highest BCUT2D eigenvalue weighted by atomic mass is 35.5. The number of methoxy groups -OCH3 is 1. The fraction of sp³-hybridized carbons (Fsp3) is 0.261. The minimum absolute atomic E-state index is 0.0178. The van der Waals surface area contributed by atoms with E-state index in [9.17, 15) is 22.8 Å². The van der Waals surface area contributed by atoms with Gasteiger partial charge in [0.05, 0.1) is 28.8 Å². The normalized spacial score (nSPS) is 14.6. The van der Waals surface area contributed by atoms with Crippen molar-refractivity contribution in [2.45, 2.75) is 12.2 Å². The van der Waals surface area contributed by atoms with E-state index in [1.54, 1.807) is 30.4 Å². The first-order valence-corrected chi connectivity index (χ1v) is 10.7. The number of rotatable bonds is 6. The molecule has 3 aromatic rings. The van der Waals surface area contributed by atoms with Crippen molar-refractivity contribution in [1.82, 2.24) is 20.2 Å². The van der Waals surface area contributed by atoms with Crippen molar-refractivity contribution >= 4 is 34.4 Å². The molecular weight excluding hydrogens is 473 g/mol. The number of aromatic nitrogens is 2. The van der Waals surface area contributed by atoms with Crippen LogP contribution in [0.25, 0.3) is 11.0 Å². The molecule has 0 saturated heterocycles. The van der Waals surface area contributed by atoms with E-state index in [1.807, 2.05) is 0 Å². The van der Waals surface area contributed by atoms with E-state index < -0.39 is 35.2 Å². The van der Waals surface area contributed by atoms with E-state index in [0.29, 0.717) is 27.9 Å². The number of hydrogen-bond donors (Lipinski definition) is 2. The highest BCUT2D eigenvalue weighted by molar-refractivity contribution is 6.31. The van der Waals surface area contributed by atoms with Gasteiger partial charge in [0, 0.05) is 30.8 Å². The average molecular weight is 493 g/mol. The zero-order valence-electron chi connectivity index (χ0n) is 17.9. The first-order chi connectivity index (χ1) is 16.2. The van der Waals surface area contributed by atoms with Crippen molar-refractivity contribution in [3.8, 4) is 0 Å². The second kappa shape index (κ2) is 9.47. The van der Waals surface area contributed by atoms with Gasteiger partial charge in [0.15, 0.2) is 0 Å². The predicted molar refractivity (Wildman–Crippen MR) is 120 cm³/mol. The van der Waals surface area contributed by atoms with Crippen LogP contribution >= 0.6 is 11.6 Å². The Morgan fingerprint density at radius 3 is 2.62 bits per heavy atom. The fourth-order valence-corrected chi connectivity index (χ4v) is 3.86. The van der Waals surface area contributed by atoms with Gasteiger partial charge in [-0.25, -0.2) is 4.98 Å². The average Bonchev–Trinajstić information content (AvgIpc) is 3.47. The molecule has 4 rings (SSSR count). The van der Waals surface area contributed by atoms with Crippen LogP contribution in [0.2, 0.25) is 5.02 Å². The zero-order valence-corrected chi connectivity index (χ0v) is 18.7. The molecule has 1 aromatic heterocycles. The van der Waals surface area contributed by atoms with Crippen LogP contribution in [0.1, 0.15) is 38.1 Å². The molecule has 0 radical (unpaired) electrons. The molecule has 1 aliphatic heterocycles. The van der Waals surface area contributed by atoms with Gasteiger partial charge in [-0.1, -0.05) is 23.8 Å². The van der Waals surface area contributed by atoms with E-state index in [1.165, 1.54) is 18.1 Å². The quantitative estimate of drug-likeness (QED) is 0.500. The Kier molecular flexibility index (Phi) is 6.63. The zero-order chi connectivity index (χ0) is 24.5. The summed E-state index contributed by atoms with van der Waals surface area (Å²) < 4.78 is 46.5. The summed E-state index contributed by atoms with van der Waals surface area (Å²) in [6, 6.07) is 7.18. The molecule has 7 nitrogen and oxygen atoms in total. The third-order valence-corrected chi connectivity index (χ3v) is 5.59. The van der Waals surface area contributed by atoms with Crippen molar-refractivity contribution in [2.24, 2.45) is 0 Å². The van der Waals surface area contributed by atoms with Crippen LogP contribution in [0, 0.1) is 0 Å². The second-order valence-corrected chi connectivity index (χ2v) is 8.14. The minimum Gasteiger partial charge on any atom is -0.382 e. The third-order valence-electron chi connectivity index (χ3n) is 5.35. The van der Waals surface area contributed by atoms with Gasteiger partial charge >= 0.3 is 6.18 Å². The van der Waals surface area contributed by atoms with Crippen LogP contribution in [-0.4, -0.2) is 53.5 Å². The number of nitrogens with zero attached hydrogens (tertiary/aromatic N) is 2. The molecular formula is C23H20ClF3N4O3. The predicted octanol–water partition coefficient (Wildman–Crippen LogP) is 4.36. The molecule has 0 bridgehead atoms. The number of halogens is 4. The molecule has 2 amide bonds. The van der Waals surface area contributed by atoms with E-state index in [0.717, 1.165) is 6.07 Å². The second-order valence-electron chi connectivity index (χ2n) is 7.70. The molecule has 34 heavy (non-hydrogen) atoms. The number of alkyl halides is 3. The van der Waals surface area contributed by atoms with E-state index >= 15 is 0 Å². The van der Waals surface area contributed by atoms with Crippen LogP contribution < -0.4 is 5.32 Å². The third kappa shape index (κ3) is 4.92. The number of fused-ring (bicyclic) bond motifs is 1. The van der Waals surface area contributed by atoms with E-state index in [2.05, 4.69) is 15.3 Å². The van der Waals surface area contributed by atoms with E-state index in [-0.39, 0.29) is 25.3 Å². The summed E-state index contributed by atoms with van der Waals surface area (Å²) in [5.41, 5.74) is -0.678. The number of carbonyl (C=O) groups excluding carboxylic acids is 2. The van der Waals surface area contributed by atoms with E-state index in [4.69, 9.17) is 16.3 Å². The fourth-order valence-electron chi connectivity index (χ4n) is 3.68. The highest BCUT2D eigenvalue weighted by Gasteiger charge is 2.37. The summed E-state index contributed by atoms with van der Waals surface area (Å²) in [4.78, 5) is 34.2. The molecule has 1 unspecified atom stereocenters. The van der Waals surface area contributed by atoms with Crippen LogP contribution in [0.4, 0.5) is 13.2 Å². The SMILES string of the molecule is COCC(NC(=O)c1ccc(C(=O)N2CC=CC2)c(C(F)(F)F)c1)c1nc2ccc(Cl)cc2[nH]1. The Labute approximate surface area is 197 Å². The smallest absolute Gasteiger partial charge is 0.382 e. The molecule has 2 heterocycles. The lowest BCUT2D eigenvalue weighted by Gasteiger charge is -2.20. The molecule has 11 heteroatoms. The molecule has 1 atom stereocenters. The number of amides is 2. The lowest BCUT2D eigenvalue weighted by molar-refractivity contribution is -0.138. The van der Waals surface area contributed by atoms with Crippen LogP contribution in [0.5, 0.6) is 0 Å². The largest absolute Gasteiger partial charge is 0.417 e. The summed E-state index contributed by atoms with van der Waals surface area (Å²) in [6.07, 6.45) is -1.41. The molecule has 2 N–H and O–H groups in total. The van der Waals surface area contributed by atoms with Crippen molar-refractivity contribution < 1.29 is 27.5 Å². The number of nitrogens with one attached hydrogen (secondary N) is 2. The number of carbonyl (C=O) groups is 2. The van der Waals surface area contributed by atoms with Gasteiger partial charge in [0.2, 0.25) is 0 Å². The summed E-state index contributed by atoms with van der Waals surface area (Å²) in [5, 5.41) is 3.14. The Hall–Kier alpha value is -3.37. The van der Waals surface area contributed by atoms with Crippen molar-refractivity contribution in [3.63, 3.8) is 0 Å². The Balaban J connectivity index is 1.61. The number of ether oxygens (including phenoxy) is 1. The number of imidazole rings is 1. The number of benzene rings is 2. The van der Waals surface area contributed by atoms with Gasteiger partial charge in [-0.15, -0.1) is 0 Å². The Bertz CT molecular complexity index is 1260. The molecule has 0 saturated carbocycles. The number of H-pyrrole nitrogens is 1. The molecule has 1 aliphatic rings. The molecule has 178 valence electrons. The molecule has 0 fully saturated rings. The summed E-state index contributed by atoms with van der Waals surface area (Å²) in [7, 11) is 1.42. The topological polar surface area (TPSA) is 87.3 Å². The maximum absolute atomic E-state index is 13.8. The molecule has 0 spiro atoms. The minimum atomic E-state index is -4.82. The standard InChI is InChI=1S/C23H20ClF3N4O3/c1-34-12-19(20-28-17-7-5-14(24)11-18(17)29-20)30-21(32)13-4-6-15(16(10-13)23(25,26)27)22(33)31-8-2-3-9-31/h2-7,10-11,19H,8-9,12H2,1H3,(H,28,29)(H,30,32). The lowest BCUT2D eigenvalue weighted by Crippen LogP contribution is -2.33. The first kappa shape index (κ1) is 23.8. The first-order valence-electron chi connectivity index (χ1n) is 10.3. The Morgan fingerprint density at radius 2 is 1.94 bits per heavy atom.